The Balaban J connectivity index is 1.28. The van der Waals surface area contributed by atoms with Crippen LogP contribution in [0.5, 0.6) is 11.5 Å². The van der Waals surface area contributed by atoms with Crippen molar-refractivity contribution in [2.75, 3.05) is 6.61 Å². The summed E-state index contributed by atoms with van der Waals surface area (Å²) < 4.78 is 26.2. The van der Waals surface area contributed by atoms with E-state index in [1.807, 2.05) is 30.3 Å². The van der Waals surface area contributed by atoms with Crippen LogP contribution in [0.3, 0.4) is 0 Å². The van der Waals surface area contributed by atoms with Gasteiger partial charge in [-0.3, -0.25) is 4.79 Å². The van der Waals surface area contributed by atoms with Gasteiger partial charge in [0.2, 0.25) is 0 Å². The van der Waals surface area contributed by atoms with Crippen LogP contribution in [0, 0.1) is 16.6 Å². The quantitative estimate of drug-likeness (QED) is 0.145. The largest absolute Gasteiger partial charge is 0.491 e. The van der Waals surface area contributed by atoms with Crippen molar-refractivity contribution in [1.82, 2.24) is 0 Å². The molecule has 2 aromatic rings. The summed E-state index contributed by atoms with van der Waals surface area (Å²) in [5, 5.41) is 0. The topological polar surface area (TPSA) is 35.5 Å². The number of esters is 1. The van der Waals surface area contributed by atoms with Crippen LogP contribution >= 0.6 is 0 Å². The Labute approximate surface area is 223 Å². The van der Waals surface area contributed by atoms with Crippen LogP contribution in [0.1, 0.15) is 110 Å². The van der Waals surface area contributed by atoms with Crippen LogP contribution in [-0.2, 0) is 4.79 Å². The van der Waals surface area contributed by atoms with Gasteiger partial charge in [0.05, 0.1) is 12.0 Å². The zero-order valence-corrected chi connectivity index (χ0v) is 23.0. The molecule has 0 heterocycles. The van der Waals surface area contributed by atoms with Crippen molar-refractivity contribution >= 4 is 5.97 Å². The molecule has 3 fully saturated rings. The first kappa shape index (κ1) is 27.7. The number of carbonyl (C=O) groups is 1. The molecule has 0 radical (unpaired) electrons. The van der Waals surface area contributed by atoms with Gasteiger partial charge in [0, 0.05) is 0 Å². The standard InChI is InChI=1S/C33H45FO3/c1-3-5-7-8-9-10-24-36-30-16-13-27(25-29(30)34)26-11-14-28(15-12-26)37-31(35)33-21-18-32(19-22-33,20-23-33)17-6-4-2/h11-16,25H,3-10,17-24H2,1-2H3. The minimum atomic E-state index is -0.345. The van der Waals surface area contributed by atoms with Gasteiger partial charge in [-0.15, -0.1) is 0 Å². The number of fused-ring (bicyclic) bond motifs is 3. The van der Waals surface area contributed by atoms with E-state index in [1.54, 1.807) is 6.07 Å². The fraction of sp³-hybridized carbons (Fsp3) is 0.606. The van der Waals surface area contributed by atoms with Gasteiger partial charge in [-0.2, -0.15) is 0 Å². The average Bonchev–Trinajstić information content (AvgIpc) is 2.93. The first-order chi connectivity index (χ1) is 18.0. The molecule has 2 bridgehead atoms. The second-order valence-electron chi connectivity index (χ2n) is 11.6. The minimum Gasteiger partial charge on any atom is -0.491 e. The van der Waals surface area contributed by atoms with Gasteiger partial charge in [-0.05, 0) is 92.2 Å². The monoisotopic (exact) mass is 508 g/mol. The lowest BCUT2D eigenvalue weighted by Crippen LogP contribution is -2.47. The van der Waals surface area contributed by atoms with Crippen molar-refractivity contribution in [2.45, 2.75) is 110 Å². The van der Waals surface area contributed by atoms with E-state index in [0.717, 1.165) is 62.5 Å². The Morgan fingerprint density at radius 3 is 2.05 bits per heavy atom. The minimum absolute atomic E-state index is 0.0676. The Hall–Kier alpha value is -2.36. The Kier molecular flexibility index (Phi) is 9.67. The molecule has 0 spiro atoms. The summed E-state index contributed by atoms with van der Waals surface area (Å²) >= 11 is 0. The average molecular weight is 509 g/mol. The van der Waals surface area contributed by atoms with Gasteiger partial charge < -0.3 is 9.47 Å². The third-order valence-electron chi connectivity index (χ3n) is 8.98. The number of benzene rings is 2. The summed E-state index contributed by atoms with van der Waals surface area (Å²) in [5.74, 6) is 0.460. The summed E-state index contributed by atoms with van der Waals surface area (Å²) in [6, 6.07) is 12.5. The molecular weight excluding hydrogens is 463 g/mol. The molecule has 5 rings (SSSR count). The number of hydrogen-bond donors (Lipinski definition) is 0. The van der Waals surface area contributed by atoms with Crippen LogP contribution in [0.15, 0.2) is 42.5 Å². The molecule has 3 aliphatic carbocycles. The van der Waals surface area contributed by atoms with Gasteiger partial charge >= 0.3 is 5.97 Å². The predicted molar refractivity (Wildman–Crippen MR) is 148 cm³/mol. The molecule has 2 aromatic carbocycles. The van der Waals surface area contributed by atoms with E-state index in [4.69, 9.17) is 9.47 Å². The molecule has 0 aromatic heterocycles. The molecule has 4 heteroatoms. The molecule has 0 N–H and O–H groups in total. The highest BCUT2D eigenvalue weighted by molar-refractivity contribution is 5.80. The Morgan fingerprint density at radius 1 is 0.784 bits per heavy atom. The van der Waals surface area contributed by atoms with Crippen LogP contribution in [0.4, 0.5) is 4.39 Å². The maximum Gasteiger partial charge on any atom is 0.317 e. The van der Waals surface area contributed by atoms with Crippen molar-refractivity contribution in [2.24, 2.45) is 10.8 Å². The second-order valence-corrected chi connectivity index (χ2v) is 11.6. The summed E-state index contributed by atoms with van der Waals surface area (Å²) in [4.78, 5) is 13.2. The van der Waals surface area contributed by atoms with Gasteiger partial charge in [-0.1, -0.05) is 77.0 Å². The number of unbranched alkanes of at least 4 members (excludes halogenated alkanes) is 6. The number of halogens is 1. The van der Waals surface area contributed by atoms with Crippen molar-refractivity contribution in [3.8, 4) is 22.6 Å². The molecule has 0 aliphatic heterocycles. The number of carbonyl (C=O) groups excluding carboxylic acids is 1. The van der Waals surface area contributed by atoms with E-state index in [2.05, 4.69) is 13.8 Å². The first-order valence-corrected chi connectivity index (χ1v) is 14.7. The van der Waals surface area contributed by atoms with E-state index < -0.39 is 0 Å². The lowest BCUT2D eigenvalue weighted by atomic mass is 9.52. The third kappa shape index (κ3) is 6.94. The molecule has 0 amide bonds. The molecule has 3 saturated carbocycles. The first-order valence-electron chi connectivity index (χ1n) is 14.7. The lowest BCUT2D eigenvalue weighted by Gasteiger charge is -2.52. The number of hydrogen-bond acceptors (Lipinski definition) is 3. The maximum absolute atomic E-state index is 14.7. The molecule has 3 nitrogen and oxygen atoms in total. The Morgan fingerprint density at radius 2 is 1.41 bits per heavy atom. The van der Waals surface area contributed by atoms with Crippen molar-refractivity contribution in [3.05, 3.63) is 48.3 Å². The van der Waals surface area contributed by atoms with Crippen LogP contribution in [0.25, 0.3) is 11.1 Å². The maximum atomic E-state index is 14.7. The van der Waals surface area contributed by atoms with E-state index in [0.29, 0.717) is 23.5 Å². The third-order valence-corrected chi connectivity index (χ3v) is 8.98. The molecule has 37 heavy (non-hydrogen) atoms. The zero-order chi connectivity index (χ0) is 26.1. The van der Waals surface area contributed by atoms with Crippen molar-refractivity contribution in [3.63, 3.8) is 0 Å². The molecule has 0 atom stereocenters. The normalized spacial score (nSPS) is 22.7. The second kappa shape index (κ2) is 12.9. The van der Waals surface area contributed by atoms with Crippen LogP contribution in [0.2, 0.25) is 0 Å². The summed E-state index contributed by atoms with van der Waals surface area (Å²) in [7, 11) is 0. The van der Waals surface area contributed by atoms with E-state index in [-0.39, 0.29) is 17.2 Å². The molecule has 3 aliphatic rings. The fourth-order valence-electron chi connectivity index (χ4n) is 6.29. The van der Waals surface area contributed by atoms with Gasteiger partial charge in [0.15, 0.2) is 11.6 Å². The summed E-state index contributed by atoms with van der Waals surface area (Å²) in [6.45, 7) is 5.01. The van der Waals surface area contributed by atoms with Crippen LogP contribution < -0.4 is 9.47 Å². The molecule has 202 valence electrons. The van der Waals surface area contributed by atoms with Crippen molar-refractivity contribution < 1.29 is 18.7 Å². The zero-order valence-electron chi connectivity index (χ0n) is 23.0. The predicted octanol–water partition coefficient (Wildman–Crippen LogP) is 9.67. The number of ether oxygens (including phenoxy) is 2. The van der Waals surface area contributed by atoms with Gasteiger partial charge in [0.25, 0.3) is 0 Å². The number of rotatable bonds is 14. The smallest absolute Gasteiger partial charge is 0.317 e. The van der Waals surface area contributed by atoms with E-state index in [9.17, 15) is 9.18 Å². The van der Waals surface area contributed by atoms with Crippen molar-refractivity contribution in [1.29, 1.82) is 0 Å². The van der Waals surface area contributed by atoms with Crippen LogP contribution in [-0.4, -0.2) is 12.6 Å². The summed E-state index contributed by atoms with van der Waals surface area (Å²) in [5.41, 5.74) is 1.84. The molecule has 0 saturated heterocycles. The molecule has 0 unspecified atom stereocenters. The van der Waals surface area contributed by atoms with E-state index >= 15 is 0 Å². The lowest BCUT2D eigenvalue weighted by molar-refractivity contribution is -0.156. The molecular formula is C33H45FO3. The highest BCUT2D eigenvalue weighted by Gasteiger charge is 2.52. The van der Waals surface area contributed by atoms with Gasteiger partial charge in [0.1, 0.15) is 5.75 Å². The SMILES string of the molecule is CCCCCCCCOc1ccc(-c2ccc(OC(=O)C34CCC(CCCC)(CC3)CC4)cc2)cc1F. The Bertz CT molecular complexity index is 988. The highest BCUT2D eigenvalue weighted by Crippen LogP contribution is 2.59. The highest BCUT2D eigenvalue weighted by atomic mass is 19.1. The summed E-state index contributed by atoms with van der Waals surface area (Å²) in [6.07, 6.45) is 17.3. The van der Waals surface area contributed by atoms with E-state index in [1.165, 1.54) is 51.0 Å². The van der Waals surface area contributed by atoms with Gasteiger partial charge in [-0.25, -0.2) is 4.39 Å². The fourth-order valence-corrected chi connectivity index (χ4v) is 6.29.